The van der Waals surface area contributed by atoms with Gasteiger partial charge in [0.2, 0.25) is 0 Å². The summed E-state index contributed by atoms with van der Waals surface area (Å²) >= 11 is 0. The number of piperidine rings is 1. The van der Waals surface area contributed by atoms with Gasteiger partial charge in [-0.3, -0.25) is 0 Å². The first kappa shape index (κ1) is 24.0. The number of rotatable bonds is 6. The van der Waals surface area contributed by atoms with Gasteiger partial charge >= 0.3 is 0 Å². The van der Waals surface area contributed by atoms with Crippen molar-refractivity contribution in [3.63, 3.8) is 0 Å². The highest BCUT2D eigenvalue weighted by Gasteiger charge is 2.49. The Morgan fingerprint density at radius 1 is 0.862 bits per heavy atom. The van der Waals surface area contributed by atoms with Crippen LogP contribution in [0.1, 0.15) is 41.5 Å². The van der Waals surface area contributed by atoms with E-state index in [9.17, 15) is 0 Å². The lowest BCUT2D eigenvalue weighted by Crippen LogP contribution is -2.56. The van der Waals surface area contributed by atoms with Gasteiger partial charge in [0.1, 0.15) is 0 Å². The molecule has 2 unspecified atom stereocenters. The molecule has 4 heteroatoms. The zero-order chi connectivity index (χ0) is 22.3. The second-order valence-corrected chi connectivity index (χ2v) is 10.9. The van der Waals surface area contributed by atoms with Crippen LogP contribution in [0.15, 0.2) is 12.1 Å². The molecule has 0 amide bonds. The standard InChI is InChI=1S/C25H46BN3/c1-17(2)25(18(3)4)19(5)15-29(16-20(25)6)21-13-22(27(9)10)24(26(7)8)23(14-21)28(11)12/h13-14,17-20H,15-16H2,1-12H3. The molecular weight excluding hydrogens is 353 g/mol. The van der Waals surface area contributed by atoms with Gasteiger partial charge in [0, 0.05) is 58.3 Å². The van der Waals surface area contributed by atoms with Gasteiger partial charge in [-0.15, -0.1) is 0 Å². The van der Waals surface area contributed by atoms with E-state index in [-0.39, 0.29) is 0 Å². The lowest BCUT2D eigenvalue weighted by molar-refractivity contribution is -0.0304. The van der Waals surface area contributed by atoms with Crippen LogP contribution in [0.3, 0.4) is 0 Å². The molecule has 0 radical (unpaired) electrons. The van der Waals surface area contributed by atoms with Crippen LogP contribution in [0.2, 0.25) is 13.6 Å². The first-order chi connectivity index (χ1) is 13.3. The molecule has 1 aromatic carbocycles. The minimum absolute atomic E-state index is 0.406. The molecular formula is C25H46BN3. The molecule has 1 aromatic rings. The summed E-state index contributed by atoms with van der Waals surface area (Å²) < 4.78 is 0. The van der Waals surface area contributed by atoms with Crippen molar-refractivity contribution in [3.8, 4) is 0 Å². The van der Waals surface area contributed by atoms with Crippen molar-refractivity contribution in [2.45, 2.75) is 55.2 Å². The van der Waals surface area contributed by atoms with Crippen LogP contribution < -0.4 is 20.2 Å². The van der Waals surface area contributed by atoms with E-state index in [0.717, 1.165) is 13.1 Å². The van der Waals surface area contributed by atoms with Crippen LogP contribution in [-0.4, -0.2) is 48.0 Å². The highest BCUT2D eigenvalue weighted by atomic mass is 15.2. The van der Waals surface area contributed by atoms with E-state index in [4.69, 9.17) is 0 Å². The normalized spacial score (nSPS) is 21.7. The minimum Gasteiger partial charge on any atom is -0.378 e. The van der Waals surface area contributed by atoms with E-state index in [2.05, 4.69) is 110 Å². The maximum atomic E-state index is 2.66. The van der Waals surface area contributed by atoms with Gasteiger partial charge in [0.15, 0.2) is 6.71 Å². The molecule has 0 aromatic heterocycles. The quantitative estimate of drug-likeness (QED) is 0.611. The fourth-order valence-corrected chi connectivity index (χ4v) is 6.81. The third kappa shape index (κ3) is 4.14. The number of anilines is 3. The van der Waals surface area contributed by atoms with E-state index in [0.29, 0.717) is 35.8 Å². The summed E-state index contributed by atoms with van der Waals surface area (Å²) in [5, 5.41) is 0. The molecule has 1 aliphatic rings. The average molecular weight is 399 g/mol. The van der Waals surface area contributed by atoms with Gasteiger partial charge in [-0.05, 0) is 46.7 Å². The zero-order valence-corrected chi connectivity index (χ0v) is 21.3. The molecule has 0 N–H and O–H groups in total. The summed E-state index contributed by atoms with van der Waals surface area (Å²) in [5.41, 5.74) is 5.93. The zero-order valence-electron chi connectivity index (χ0n) is 21.3. The first-order valence-corrected chi connectivity index (χ1v) is 11.6. The predicted molar refractivity (Wildman–Crippen MR) is 135 cm³/mol. The molecule has 1 heterocycles. The topological polar surface area (TPSA) is 9.72 Å². The second kappa shape index (κ2) is 8.82. The predicted octanol–water partition coefficient (Wildman–Crippen LogP) is 5.17. The Hall–Kier alpha value is -1.32. The van der Waals surface area contributed by atoms with Gasteiger partial charge in [-0.2, -0.15) is 0 Å². The summed E-state index contributed by atoms with van der Waals surface area (Å²) in [6.45, 7) is 22.1. The minimum atomic E-state index is 0.406. The molecule has 164 valence electrons. The monoisotopic (exact) mass is 399 g/mol. The van der Waals surface area contributed by atoms with Gasteiger partial charge in [-0.1, -0.05) is 55.2 Å². The van der Waals surface area contributed by atoms with Crippen LogP contribution >= 0.6 is 0 Å². The number of hydrogen-bond donors (Lipinski definition) is 0. The van der Waals surface area contributed by atoms with Crippen LogP contribution in [0.5, 0.6) is 0 Å². The third-order valence-corrected chi connectivity index (χ3v) is 7.72. The summed E-state index contributed by atoms with van der Waals surface area (Å²) in [4.78, 5) is 7.23. The van der Waals surface area contributed by atoms with Gasteiger partial charge in [-0.25, -0.2) is 0 Å². The second-order valence-electron chi connectivity index (χ2n) is 10.9. The average Bonchev–Trinajstić information content (AvgIpc) is 2.59. The van der Waals surface area contributed by atoms with Crippen LogP contribution in [0, 0.1) is 29.1 Å². The molecule has 1 aliphatic heterocycles. The third-order valence-electron chi connectivity index (χ3n) is 7.72. The Bertz CT molecular complexity index is 642. The molecule has 3 nitrogen and oxygen atoms in total. The summed E-state index contributed by atoms with van der Waals surface area (Å²) in [6, 6.07) is 4.86. The smallest absolute Gasteiger partial charge is 0.175 e. The maximum Gasteiger partial charge on any atom is 0.175 e. The van der Waals surface area contributed by atoms with E-state index in [1.54, 1.807) is 0 Å². The summed E-state index contributed by atoms with van der Waals surface area (Å²) in [5.74, 6) is 2.74. The molecule has 2 atom stereocenters. The first-order valence-electron chi connectivity index (χ1n) is 11.6. The number of hydrogen-bond acceptors (Lipinski definition) is 3. The highest BCUT2D eigenvalue weighted by molar-refractivity contribution is 6.74. The summed E-state index contributed by atoms with van der Waals surface area (Å²) in [7, 11) is 8.70. The van der Waals surface area contributed by atoms with Crippen molar-refractivity contribution >= 4 is 29.2 Å². The Morgan fingerprint density at radius 3 is 1.52 bits per heavy atom. The van der Waals surface area contributed by atoms with Crippen molar-refractivity contribution in [1.82, 2.24) is 0 Å². The molecule has 0 spiro atoms. The van der Waals surface area contributed by atoms with Crippen LogP contribution in [-0.2, 0) is 0 Å². The van der Waals surface area contributed by atoms with Gasteiger partial charge in [0.25, 0.3) is 0 Å². The van der Waals surface area contributed by atoms with E-state index in [1.807, 2.05) is 0 Å². The number of benzene rings is 1. The van der Waals surface area contributed by atoms with Crippen LogP contribution in [0.4, 0.5) is 17.1 Å². The Labute approximate surface area is 181 Å². The van der Waals surface area contributed by atoms with Crippen LogP contribution in [0.25, 0.3) is 0 Å². The molecule has 0 saturated carbocycles. The van der Waals surface area contributed by atoms with E-state index in [1.165, 1.54) is 22.5 Å². The van der Waals surface area contributed by atoms with Crippen molar-refractivity contribution in [2.24, 2.45) is 29.1 Å². The largest absolute Gasteiger partial charge is 0.378 e. The number of nitrogens with zero attached hydrogens (tertiary/aromatic N) is 3. The lowest BCUT2D eigenvalue weighted by atomic mass is 9.48. The van der Waals surface area contributed by atoms with Crippen molar-refractivity contribution in [1.29, 1.82) is 0 Å². The Kier molecular flexibility index (Phi) is 7.28. The molecule has 2 rings (SSSR count). The van der Waals surface area contributed by atoms with E-state index >= 15 is 0 Å². The van der Waals surface area contributed by atoms with Crippen molar-refractivity contribution in [2.75, 3.05) is 56.0 Å². The molecule has 1 saturated heterocycles. The van der Waals surface area contributed by atoms with Gasteiger partial charge < -0.3 is 14.7 Å². The fourth-order valence-electron chi connectivity index (χ4n) is 6.81. The van der Waals surface area contributed by atoms with E-state index < -0.39 is 0 Å². The molecule has 0 bridgehead atoms. The van der Waals surface area contributed by atoms with Gasteiger partial charge in [0.05, 0.1) is 0 Å². The molecule has 0 aliphatic carbocycles. The fraction of sp³-hybridized carbons (Fsp3) is 0.760. The Balaban J connectivity index is 2.54. The van der Waals surface area contributed by atoms with Crippen molar-refractivity contribution < 1.29 is 0 Å². The SMILES string of the molecule is CB(C)c1c(N(C)C)cc(N2CC(C)C(C(C)C)(C(C)C)C(C)C2)cc1N(C)C. The van der Waals surface area contributed by atoms with Crippen molar-refractivity contribution in [3.05, 3.63) is 12.1 Å². The Morgan fingerprint density at radius 2 is 1.24 bits per heavy atom. The molecule has 29 heavy (non-hydrogen) atoms. The lowest BCUT2D eigenvalue weighted by Gasteiger charge is -2.57. The summed E-state index contributed by atoms with van der Waals surface area (Å²) in [6.07, 6.45) is 0. The maximum absolute atomic E-state index is 2.66. The highest BCUT2D eigenvalue weighted by Crippen LogP contribution is 2.52. The molecule has 1 fully saturated rings.